The molecule has 3 heteroatoms. The zero-order chi connectivity index (χ0) is 16.3. The molecule has 2 heterocycles. The van der Waals surface area contributed by atoms with Gasteiger partial charge in [-0.25, -0.2) is 0 Å². The number of ether oxygens (including phenoxy) is 1. The van der Waals surface area contributed by atoms with E-state index in [1.54, 1.807) is 0 Å². The van der Waals surface area contributed by atoms with Gasteiger partial charge < -0.3 is 9.84 Å². The maximum atomic E-state index is 11.1. The molecule has 23 heavy (non-hydrogen) atoms. The number of fused-ring (bicyclic) bond motifs is 2. The Balaban J connectivity index is 1.66. The van der Waals surface area contributed by atoms with E-state index >= 15 is 0 Å². The minimum absolute atomic E-state index is 0.333. The number of nitrogens with zero attached hydrogens (tertiary/aromatic N) is 1. The molecule has 3 rings (SSSR count). The Morgan fingerprint density at radius 2 is 1.87 bits per heavy atom. The van der Waals surface area contributed by atoms with E-state index in [9.17, 15) is 5.11 Å². The molecule has 2 unspecified atom stereocenters. The molecule has 0 radical (unpaired) electrons. The number of aliphatic hydroxyl groups is 1. The van der Waals surface area contributed by atoms with Crippen molar-refractivity contribution in [3.05, 3.63) is 47.5 Å². The van der Waals surface area contributed by atoms with Crippen molar-refractivity contribution in [2.45, 2.75) is 63.8 Å². The van der Waals surface area contributed by atoms with E-state index in [1.807, 2.05) is 0 Å². The quantitative estimate of drug-likeness (QED) is 0.844. The van der Waals surface area contributed by atoms with E-state index in [0.29, 0.717) is 12.1 Å². The van der Waals surface area contributed by atoms with Crippen LogP contribution in [-0.4, -0.2) is 40.9 Å². The second-order valence-electron chi connectivity index (χ2n) is 7.46. The van der Waals surface area contributed by atoms with E-state index in [1.165, 1.54) is 11.1 Å². The summed E-state index contributed by atoms with van der Waals surface area (Å²) in [4.78, 5) is 2.55. The predicted molar refractivity (Wildman–Crippen MR) is 93.2 cm³/mol. The summed E-state index contributed by atoms with van der Waals surface area (Å²) in [5, 5.41) is 11.1. The molecule has 0 saturated carbocycles. The molecule has 126 valence electrons. The Hall–Kier alpha value is -1.16. The van der Waals surface area contributed by atoms with Gasteiger partial charge in [-0.2, -0.15) is 0 Å². The van der Waals surface area contributed by atoms with Crippen LogP contribution in [0.1, 0.15) is 45.1 Å². The SMILES string of the molecule is CC(C)=CCCC1(O)CC2COCC(C1)N2Cc1ccccc1. The second kappa shape index (κ2) is 7.16. The van der Waals surface area contributed by atoms with E-state index < -0.39 is 5.60 Å². The van der Waals surface area contributed by atoms with E-state index in [-0.39, 0.29) is 0 Å². The van der Waals surface area contributed by atoms with Crippen LogP contribution >= 0.6 is 0 Å². The van der Waals surface area contributed by atoms with E-state index in [0.717, 1.165) is 45.4 Å². The largest absolute Gasteiger partial charge is 0.390 e. The molecule has 0 spiro atoms. The zero-order valence-electron chi connectivity index (χ0n) is 14.4. The lowest BCUT2D eigenvalue weighted by Gasteiger charge is -2.51. The van der Waals surface area contributed by atoms with Crippen LogP contribution in [0.2, 0.25) is 0 Å². The summed E-state index contributed by atoms with van der Waals surface area (Å²) in [7, 11) is 0. The van der Waals surface area contributed by atoms with Gasteiger partial charge in [-0.3, -0.25) is 4.90 Å². The molecule has 2 fully saturated rings. The molecule has 2 aliphatic heterocycles. The summed E-state index contributed by atoms with van der Waals surface area (Å²) < 4.78 is 5.78. The summed E-state index contributed by atoms with van der Waals surface area (Å²) in [6.07, 6.45) is 5.72. The molecule has 2 aliphatic rings. The Kier molecular flexibility index (Phi) is 5.20. The lowest BCUT2D eigenvalue weighted by atomic mass is 9.78. The first kappa shape index (κ1) is 16.7. The fourth-order valence-electron chi connectivity index (χ4n) is 4.03. The third kappa shape index (κ3) is 4.23. The number of hydrogen-bond acceptors (Lipinski definition) is 3. The van der Waals surface area contributed by atoms with Crippen molar-refractivity contribution >= 4 is 0 Å². The average molecular weight is 315 g/mol. The summed E-state index contributed by atoms with van der Waals surface area (Å²) in [5.74, 6) is 0. The Morgan fingerprint density at radius 1 is 1.22 bits per heavy atom. The average Bonchev–Trinajstić information content (AvgIpc) is 2.49. The van der Waals surface area contributed by atoms with Crippen molar-refractivity contribution in [2.75, 3.05) is 13.2 Å². The Morgan fingerprint density at radius 3 is 2.48 bits per heavy atom. The first-order valence-corrected chi connectivity index (χ1v) is 8.79. The van der Waals surface area contributed by atoms with Crippen LogP contribution in [0.3, 0.4) is 0 Å². The summed E-state index contributed by atoms with van der Waals surface area (Å²) in [5.41, 5.74) is 2.15. The maximum Gasteiger partial charge on any atom is 0.0682 e. The van der Waals surface area contributed by atoms with Gasteiger partial charge in [-0.15, -0.1) is 0 Å². The molecule has 3 nitrogen and oxygen atoms in total. The molecule has 1 aromatic rings. The van der Waals surface area contributed by atoms with Crippen LogP contribution in [0.15, 0.2) is 42.0 Å². The number of benzene rings is 1. The number of rotatable bonds is 5. The van der Waals surface area contributed by atoms with Crippen molar-refractivity contribution in [3.8, 4) is 0 Å². The fraction of sp³-hybridized carbons (Fsp3) is 0.600. The molecule has 1 N–H and O–H groups in total. The van der Waals surface area contributed by atoms with Crippen molar-refractivity contribution in [3.63, 3.8) is 0 Å². The first-order chi connectivity index (χ1) is 11.1. The molecule has 2 saturated heterocycles. The van der Waals surface area contributed by atoms with Crippen molar-refractivity contribution in [1.29, 1.82) is 0 Å². The highest BCUT2D eigenvalue weighted by molar-refractivity contribution is 5.15. The lowest BCUT2D eigenvalue weighted by molar-refractivity contribution is -0.147. The minimum Gasteiger partial charge on any atom is -0.390 e. The normalized spacial score (nSPS) is 30.9. The highest BCUT2D eigenvalue weighted by Crippen LogP contribution is 2.38. The number of allylic oxidation sites excluding steroid dienone is 2. The lowest BCUT2D eigenvalue weighted by Crippen LogP contribution is -2.61. The van der Waals surface area contributed by atoms with Gasteiger partial charge in [0.1, 0.15) is 0 Å². The molecule has 0 aromatic heterocycles. The third-order valence-corrected chi connectivity index (χ3v) is 5.16. The van der Waals surface area contributed by atoms with Crippen LogP contribution in [0.4, 0.5) is 0 Å². The van der Waals surface area contributed by atoms with Crippen LogP contribution in [0.5, 0.6) is 0 Å². The van der Waals surface area contributed by atoms with Gasteiger partial charge >= 0.3 is 0 Å². The second-order valence-corrected chi connectivity index (χ2v) is 7.46. The standard InChI is InChI=1S/C20H29NO2/c1-16(2)7-6-10-20(22)11-18-14-23-15-19(12-20)21(18)13-17-8-4-3-5-9-17/h3-5,7-9,18-19,22H,6,10-15H2,1-2H3. The van der Waals surface area contributed by atoms with Crippen LogP contribution in [-0.2, 0) is 11.3 Å². The number of hydrogen-bond donors (Lipinski definition) is 1. The van der Waals surface area contributed by atoms with Gasteiger partial charge in [0.15, 0.2) is 0 Å². The number of morpholine rings is 1. The Labute approximate surface area is 140 Å². The predicted octanol–water partition coefficient (Wildman–Crippen LogP) is 3.53. The summed E-state index contributed by atoms with van der Waals surface area (Å²) >= 11 is 0. The summed E-state index contributed by atoms with van der Waals surface area (Å²) in [6, 6.07) is 11.3. The smallest absolute Gasteiger partial charge is 0.0682 e. The molecule has 2 atom stereocenters. The van der Waals surface area contributed by atoms with Crippen LogP contribution in [0, 0.1) is 0 Å². The van der Waals surface area contributed by atoms with Crippen molar-refractivity contribution < 1.29 is 9.84 Å². The third-order valence-electron chi connectivity index (χ3n) is 5.16. The monoisotopic (exact) mass is 315 g/mol. The van der Waals surface area contributed by atoms with Gasteiger partial charge in [-0.05, 0) is 45.1 Å². The molecular formula is C20H29NO2. The van der Waals surface area contributed by atoms with Gasteiger partial charge in [0.2, 0.25) is 0 Å². The highest BCUT2D eigenvalue weighted by atomic mass is 16.5. The van der Waals surface area contributed by atoms with Crippen molar-refractivity contribution in [2.24, 2.45) is 0 Å². The van der Waals surface area contributed by atoms with E-state index in [4.69, 9.17) is 4.74 Å². The molecule has 0 amide bonds. The van der Waals surface area contributed by atoms with Gasteiger partial charge in [0, 0.05) is 18.6 Å². The zero-order valence-corrected chi connectivity index (χ0v) is 14.4. The van der Waals surface area contributed by atoms with Gasteiger partial charge in [-0.1, -0.05) is 42.0 Å². The molecule has 2 bridgehead atoms. The van der Waals surface area contributed by atoms with Crippen LogP contribution in [0.25, 0.3) is 0 Å². The topological polar surface area (TPSA) is 32.7 Å². The molecular weight excluding hydrogens is 286 g/mol. The van der Waals surface area contributed by atoms with Gasteiger partial charge in [0.05, 0.1) is 18.8 Å². The fourth-order valence-corrected chi connectivity index (χ4v) is 4.03. The maximum absolute atomic E-state index is 11.1. The Bertz CT molecular complexity index is 522. The first-order valence-electron chi connectivity index (χ1n) is 8.79. The van der Waals surface area contributed by atoms with E-state index in [2.05, 4.69) is 55.2 Å². The summed E-state index contributed by atoms with van der Waals surface area (Å²) in [6.45, 7) is 6.69. The van der Waals surface area contributed by atoms with Crippen molar-refractivity contribution in [1.82, 2.24) is 4.90 Å². The minimum atomic E-state index is -0.530. The molecule has 1 aromatic carbocycles. The number of piperidine rings is 1. The highest BCUT2D eigenvalue weighted by Gasteiger charge is 2.45. The van der Waals surface area contributed by atoms with Gasteiger partial charge in [0.25, 0.3) is 0 Å². The molecule has 0 aliphatic carbocycles. The van der Waals surface area contributed by atoms with Crippen LogP contribution < -0.4 is 0 Å².